The van der Waals surface area contributed by atoms with Gasteiger partial charge in [-0.05, 0) is 30.4 Å². The molecular weight excluding hydrogens is 291 g/mol. The number of hydrogen-bond acceptors (Lipinski definition) is 1. The fraction of sp³-hybridized carbons (Fsp3) is 0.647. The maximum Gasteiger partial charge on any atom is 0.0790 e. The average Bonchev–Trinajstić information content (AvgIpc) is 2.78. The lowest BCUT2D eigenvalue weighted by Crippen LogP contribution is -2.05. The summed E-state index contributed by atoms with van der Waals surface area (Å²) >= 11 is 12.5. The third-order valence-electron chi connectivity index (χ3n) is 4.26. The van der Waals surface area contributed by atoms with Crippen LogP contribution in [0.5, 0.6) is 0 Å². The molecular formula is C17H24Cl2O. The first-order chi connectivity index (χ1) is 9.61. The third kappa shape index (κ3) is 4.13. The predicted molar refractivity (Wildman–Crippen MR) is 86.8 cm³/mol. The van der Waals surface area contributed by atoms with Crippen LogP contribution in [0.1, 0.15) is 68.6 Å². The lowest BCUT2D eigenvalue weighted by Gasteiger charge is -2.16. The summed E-state index contributed by atoms with van der Waals surface area (Å²) in [6, 6.07) is 8.29. The summed E-state index contributed by atoms with van der Waals surface area (Å²) in [5, 5.41) is 10.5. The van der Waals surface area contributed by atoms with Crippen molar-refractivity contribution in [2.45, 2.75) is 68.2 Å². The number of alkyl halides is 2. The molecule has 20 heavy (non-hydrogen) atoms. The van der Waals surface area contributed by atoms with Crippen molar-refractivity contribution in [2.75, 3.05) is 0 Å². The largest absolute Gasteiger partial charge is 0.388 e. The van der Waals surface area contributed by atoms with E-state index >= 15 is 0 Å². The molecule has 4 atom stereocenters. The Morgan fingerprint density at radius 3 is 2.40 bits per heavy atom. The summed E-state index contributed by atoms with van der Waals surface area (Å²) in [6.45, 7) is 2.18. The molecule has 1 saturated carbocycles. The van der Waals surface area contributed by atoms with Crippen LogP contribution in [0.15, 0.2) is 24.3 Å². The van der Waals surface area contributed by atoms with Crippen LogP contribution < -0.4 is 0 Å². The highest BCUT2D eigenvalue weighted by Gasteiger charge is 2.32. The number of hydrogen-bond donors (Lipinski definition) is 1. The Morgan fingerprint density at radius 2 is 1.85 bits per heavy atom. The Kier molecular flexibility index (Phi) is 6.20. The number of aliphatic hydroxyl groups is 1. The van der Waals surface area contributed by atoms with E-state index in [2.05, 4.69) is 19.1 Å². The minimum absolute atomic E-state index is 0.137. The zero-order valence-electron chi connectivity index (χ0n) is 12.1. The highest BCUT2D eigenvalue weighted by molar-refractivity contribution is 6.25. The summed E-state index contributed by atoms with van der Waals surface area (Å²) < 4.78 is 0. The molecule has 1 aromatic rings. The zero-order valence-corrected chi connectivity index (χ0v) is 13.6. The van der Waals surface area contributed by atoms with Crippen molar-refractivity contribution < 1.29 is 5.11 Å². The fourth-order valence-corrected chi connectivity index (χ4v) is 3.93. The van der Waals surface area contributed by atoms with Gasteiger partial charge in [0.05, 0.1) is 6.10 Å². The van der Waals surface area contributed by atoms with Crippen LogP contribution in [0.2, 0.25) is 0 Å². The minimum Gasteiger partial charge on any atom is -0.388 e. The van der Waals surface area contributed by atoms with E-state index < -0.39 is 0 Å². The van der Waals surface area contributed by atoms with Crippen LogP contribution in [0.4, 0.5) is 0 Å². The standard InChI is InChI=1S/C17H24Cl2O/c1-2-3-4-5-17(20)13-8-6-12(7-9-13)15-10-14(18)11-16(15)19/h6-9,14-17,20H,2-5,10-11H2,1H3/t14-,15-,16-,17?/m0/s1. The number of halogens is 2. The van der Waals surface area contributed by atoms with Crippen LogP contribution in [-0.4, -0.2) is 15.9 Å². The second kappa shape index (κ2) is 7.68. The van der Waals surface area contributed by atoms with Gasteiger partial charge >= 0.3 is 0 Å². The molecule has 0 saturated heterocycles. The molecule has 1 N–H and O–H groups in total. The predicted octanol–water partition coefficient (Wildman–Crippen LogP) is 5.39. The van der Waals surface area contributed by atoms with E-state index in [1.165, 1.54) is 18.4 Å². The maximum atomic E-state index is 10.2. The Morgan fingerprint density at radius 1 is 1.15 bits per heavy atom. The summed E-state index contributed by atoms with van der Waals surface area (Å²) in [4.78, 5) is 0. The quantitative estimate of drug-likeness (QED) is 0.551. The Labute approximate surface area is 132 Å². The Hall–Kier alpha value is -0.240. The van der Waals surface area contributed by atoms with Crippen molar-refractivity contribution in [3.63, 3.8) is 0 Å². The fourth-order valence-electron chi connectivity index (χ4n) is 2.99. The molecule has 0 bridgehead atoms. The highest BCUT2D eigenvalue weighted by Crippen LogP contribution is 2.40. The van der Waals surface area contributed by atoms with Crippen LogP contribution >= 0.6 is 23.2 Å². The van der Waals surface area contributed by atoms with E-state index in [0.717, 1.165) is 31.2 Å². The van der Waals surface area contributed by atoms with E-state index in [9.17, 15) is 5.11 Å². The van der Waals surface area contributed by atoms with Gasteiger partial charge in [0.25, 0.3) is 0 Å². The second-order valence-electron chi connectivity index (χ2n) is 5.87. The van der Waals surface area contributed by atoms with Gasteiger partial charge in [-0.3, -0.25) is 0 Å². The number of benzene rings is 1. The van der Waals surface area contributed by atoms with Crippen molar-refractivity contribution in [2.24, 2.45) is 0 Å². The van der Waals surface area contributed by atoms with Crippen LogP contribution in [0.3, 0.4) is 0 Å². The van der Waals surface area contributed by atoms with E-state index in [4.69, 9.17) is 23.2 Å². The molecule has 0 aliphatic heterocycles. The summed E-state index contributed by atoms with van der Waals surface area (Å²) in [5.41, 5.74) is 2.26. The topological polar surface area (TPSA) is 20.2 Å². The summed E-state index contributed by atoms with van der Waals surface area (Å²) in [5.74, 6) is 0.352. The zero-order chi connectivity index (χ0) is 14.5. The van der Waals surface area contributed by atoms with Crippen LogP contribution in [0.25, 0.3) is 0 Å². The molecule has 1 nitrogen and oxygen atoms in total. The molecule has 0 heterocycles. The van der Waals surface area contributed by atoms with E-state index in [0.29, 0.717) is 5.92 Å². The van der Waals surface area contributed by atoms with Crippen molar-refractivity contribution in [3.8, 4) is 0 Å². The van der Waals surface area contributed by atoms with Gasteiger partial charge in [0.1, 0.15) is 0 Å². The third-order valence-corrected chi connectivity index (χ3v) is 5.10. The first-order valence-electron chi connectivity index (χ1n) is 7.68. The second-order valence-corrected chi connectivity index (χ2v) is 7.05. The smallest absolute Gasteiger partial charge is 0.0790 e. The molecule has 1 aromatic carbocycles. The van der Waals surface area contributed by atoms with Gasteiger partial charge in [-0.15, -0.1) is 23.2 Å². The van der Waals surface area contributed by atoms with E-state index in [1.807, 2.05) is 12.1 Å². The number of unbranched alkanes of at least 4 members (excludes halogenated alkanes) is 2. The van der Waals surface area contributed by atoms with Crippen molar-refractivity contribution in [1.29, 1.82) is 0 Å². The molecule has 1 fully saturated rings. The van der Waals surface area contributed by atoms with Gasteiger partial charge < -0.3 is 5.11 Å². The molecule has 1 unspecified atom stereocenters. The van der Waals surface area contributed by atoms with Gasteiger partial charge in [0.2, 0.25) is 0 Å². The molecule has 0 aromatic heterocycles. The molecule has 1 aliphatic carbocycles. The van der Waals surface area contributed by atoms with E-state index in [1.54, 1.807) is 0 Å². The lowest BCUT2D eigenvalue weighted by molar-refractivity contribution is 0.163. The monoisotopic (exact) mass is 314 g/mol. The van der Waals surface area contributed by atoms with Gasteiger partial charge in [0.15, 0.2) is 0 Å². The van der Waals surface area contributed by atoms with Crippen molar-refractivity contribution in [1.82, 2.24) is 0 Å². The average molecular weight is 315 g/mol. The maximum absolute atomic E-state index is 10.2. The highest BCUT2D eigenvalue weighted by atomic mass is 35.5. The summed E-state index contributed by atoms with van der Waals surface area (Å²) in [6.07, 6.45) is 5.79. The molecule has 0 radical (unpaired) electrons. The first kappa shape index (κ1) is 16.1. The molecule has 3 heteroatoms. The van der Waals surface area contributed by atoms with Crippen molar-refractivity contribution in [3.05, 3.63) is 35.4 Å². The van der Waals surface area contributed by atoms with Crippen LogP contribution in [-0.2, 0) is 0 Å². The first-order valence-corrected chi connectivity index (χ1v) is 8.55. The van der Waals surface area contributed by atoms with Crippen molar-refractivity contribution >= 4 is 23.2 Å². The Bertz CT molecular complexity index is 404. The van der Waals surface area contributed by atoms with Gasteiger partial charge in [-0.1, -0.05) is 50.5 Å². The van der Waals surface area contributed by atoms with Gasteiger partial charge in [0, 0.05) is 16.7 Å². The number of aliphatic hydroxyl groups excluding tert-OH is 1. The molecule has 1 aliphatic rings. The molecule has 0 amide bonds. The number of rotatable bonds is 6. The lowest BCUT2D eigenvalue weighted by atomic mass is 9.94. The van der Waals surface area contributed by atoms with E-state index in [-0.39, 0.29) is 16.9 Å². The van der Waals surface area contributed by atoms with Crippen LogP contribution in [0, 0.1) is 0 Å². The van der Waals surface area contributed by atoms with Gasteiger partial charge in [-0.25, -0.2) is 0 Å². The summed E-state index contributed by atoms with van der Waals surface area (Å²) in [7, 11) is 0. The normalized spacial score (nSPS) is 27.7. The minimum atomic E-state index is -0.341. The SMILES string of the molecule is CCCCCC(O)c1ccc([C@@H]2C[C@H](Cl)C[C@@H]2Cl)cc1. The molecule has 112 valence electrons. The molecule has 0 spiro atoms. The Balaban J connectivity index is 1.95. The molecule has 2 rings (SSSR count). The van der Waals surface area contributed by atoms with Gasteiger partial charge in [-0.2, -0.15) is 0 Å².